The van der Waals surface area contributed by atoms with E-state index < -0.39 is 14.9 Å². The van der Waals surface area contributed by atoms with Crippen LogP contribution >= 0.6 is 14.9 Å². The van der Waals surface area contributed by atoms with E-state index in [4.69, 9.17) is 15.1 Å². The van der Waals surface area contributed by atoms with Gasteiger partial charge in [-0.25, -0.2) is 7.14 Å². The van der Waals surface area contributed by atoms with E-state index >= 15 is 0 Å². The molecular weight excluding hydrogens is 372 g/mol. The summed E-state index contributed by atoms with van der Waals surface area (Å²) in [5.74, 6) is 0. The van der Waals surface area contributed by atoms with Crippen LogP contribution in [0.4, 0.5) is 0 Å². The highest BCUT2D eigenvalue weighted by molar-refractivity contribution is 8.04. The fourth-order valence-electron chi connectivity index (χ4n) is 4.70. The maximum atomic E-state index is 7.28. The third-order valence-electron chi connectivity index (χ3n) is 6.37. The predicted octanol–water partition coefficient (Wildman–Crippen LogP) is 5.00. The van der Waals surface area contributed by atoms with E-state index in [1.807, 2.05) is 0 Å². The summed E-state index contributed by atoms with van der Waals surface area (Å²) in [4.78, 5) is 0. The highest BCUT2D eigenvalue weighted by atomic mass is 31.2. The number of aryl methyl sites for hydroxylation is 2. The van der Waals surface area contributed by atoms with Crippen molar-refractivity contribution in [2.45, 2.75) is 51.9 Å². The zero-order valence-electron chi connectivity index (χ0n) is 17.3. The highest BCUT2D eigenvalue weighted by Gasteiger charge is 2.33. The molecule has 3 aromatic rings. The monoisotopic (exact) mass is 399 g/mol. The van der Waals surface area contributed by atoms with E-state index in [-0.39, 0.29) is 0 Å². The predicted molar refractivity (Wildman–Crippen MR) is 132 cm³/mol. The Kier molecular flexibility index (Phi) is 5.50. The lowest BCUT2D eigenvalue weighted by Crippen LogP contribution is -2.29. The molecule has 3 aromatic carbocycles. The smallest absolute Gasteiger partial charge is 0.0506 e. The quantitative estimate of drug-likeness (QED) is 0.419. The molecule has 1 atom stereocenters. The maximum absolute atomic E-state index is 7.28. The normalized spacial score (nSPS) is 15.0. The van der Waals surface area contributed by atoms with Gasteiger partial charge in [0, 0.05) is 16.7 Å². The SMILES string of the molecule is [B-]P(c1ccccc1)c1ccc2c3c(ccc([P+]([B-])(C(C)C)C(C)C)c13)CC2. The van der Waals surface area contributed by atoms with E-state index in [2.05, 4.69) is 82.3 Å². The third-order valence-corrected chi connectivity index (χ3v) is 12.7. The van der Waals surface area contributed by atoms with Crippen molar-refractivity contribution in [3.8, 4) is 0 Å². The molecule has 1 unspecified atom stereocenters. The minimum Gasteiger partial charge on any atom is -0.567 e. The van der Waals surface area contributed by atoms with Crippen LogP contribution in [0.15, 0.2) is 54.6 Å². The summed E-state index contributed by atoms with van der Waals surface area (Å²) < 4.78 is 0. The Bertz CT molecular complexity index is 994. The maximum Gasteiger partial charge on any atom is 0.0506 e. The molecule has 4 rings (SSSR count). The molecule has 0 bridgehead atoms. The molecule has 0 fully saturated rings. The van der Waals surface area contributed by atoms with Crippen molar-refractivity contribution in [1.29, 1.82) is 0 Å². The first-order valence-electron chi connectivity index (χ1n) is 10.2. The van der Waals surface area contributed by atoms with Crippen molar-refractivity contribution in [3.63, 3.8) is 0 Å². The number of hydrogen-bond donors (Lipinski definition) is 0. The first-order chi connectivity index (χ1) is 13.4. The van der Waals surface area contributed by atoms with Crippen LogP contribution in [0.3, 0.4) is 0 Å². The molecule has 0 amide bonds. The van der Waals surface area contributed by atoms with Crippen molar-refractivity contribution in [2.75, 3.05) is 0 Å². The van der Waals surface area contributed by atoms with Gasteiger partial charge in [0.05, 0.1) is 5.30 Å². The summed E-state index contributed by atoms with van der Waals surface area (Å²) in [7, 11) is 11.4. The third kappa shape index (κ3) is 3.09. The molecule has 1 aliphatic rings. The first-order valence-corrected chi connectivity index (χ1v) is 13.6. The first kappa shape index (κ1) is 20.2. The summed E-state index contributed by atoms with van der Waals surface area (Å²) in [6.45, 7) is 9.16. The molecule has 0 nitrogen and oxygen atoms in total. The molecule has 0 saturated carbocycles. The number of hydrogen-bond acceptors (Lipinski definition) is 0. The molecule has 0 heterocycles. The van der Waals surface area contributed by atoms with E-state index in [1.54, 1.807) is 0 Å². The molecule has 1 aliphatic carbocycles. The van der Waals surface area contributed by atoms with Crippen molar-refractivity contribution >= 4 is 56.8 Å². The van der Waals surface area contributed by atoms with Crippen LogP contribution in [-0.4, -0.2) is 26.4 Å². The van der Waals surface area contributed by atoms with Crippen molar-refractivity contribution in [1.82, 2.24) is 0 Å². The van der Waals surface area contributed by atoms with Gasteiger partial charge >= 0.3 is 0 Å². The summed E-state index contributed by atoms with van der Waals surface area (Å²) in [5.41, 5.74) is 3.82. The zero-order valence-corrected chi connectivity index (χ0v) is 19.1. The van der Waals surface area contributed by atoms with Crippen LogP contribution in [0.2, 0.25) is 0 Å². The van der Waals surface area contributed by atoms with Gasteiger partial charge in [0.25, 0.3) is 0 Å². The molecule has 6 radical (unpaired) electrons. The van der Waals surface area contributed by atoms with E-state index in [0.717, 1.165) is 12.8 Å². The summed E-state index contributed by atoms with van der Waals surface area (Å²) in [5, 5.41) is 6.71. The van der Waals surface area contributed by atoms with Crippen LogP contribution in [0.25, 0.3) is 10.8 Å². The van der Waals surface area contributed by atoms with Gasteiger partial charge in [0.15, 0.2) is 0 Å². The topological polar surface area (TPSA) is 0 Å². The molecule has 0 saturated heterocycles. The second kappa shape index (κ2) is 7.63. The molecule has 0 aromatic heterocycles. The molecule has 4 heteroatoms. The van der Waals surface area contributed by atoms with Crippen molar-refractivity contribution in [2.24, 2.45) is 0 Å². The Labute approximate surface area is 174 Å². The Morgan fingerprint density at radius 1 is 0.786 bits per heavy atom. The van der Waals surface area contributed by atoms with E-state index in [1.165, 1.54) is 37.8 Å². The summed E-state index contributed by atoms with van der Waals surface area (Å²) in [6, 6.07) is 19.8. The van der Waals surface area contributed by atoms with Gasteiger partial charge in [-0.3, -0.25) is 7.57 Å². The van der Waals surface area contributed by atoms with Crippen LogP contribution in [0.5, 0.6) is 0 Å². The van der Waals surface area contributed by atoms with Crippen molar-refractivity contribution < 1.29 is 0 Å². The second-order valence-electron chi connectivity index (χ2n) is 8.47. The minimum absolute atomic E-state index is 0.444. The molecule has 28 heavy (non-hydrogen) atoms. The van der Waals surface area contributed by atoms with Crippen LogP contribution in [-0.2, 0) is 12.8 Å². The Morgan fingerprint density at radius 3 is 1.93 bits per heavy atom. The van der Waals surface area contributed by atoms with Crippen LogP contribution in [0.1, 0.15) is 38.8 Å². The second-order valence-corrected chi connectivity index (χ2v) is 14.4. The highest BCUT2D eigenvalue weighted by Crippen LogP contribution is 2.62. The average Bonchev–Trinajstić information content (AvgIpc) is 3.12. The fraction of sp³-hybridized carbons (Fsp3) is 0.333. The van der Waals surface area contributed by atoms with Gasteiger partial charge in [-0.2, -0.15) is 0 Å². The lowest BCUT2D eigenvalue weighted by Gasteiger charge is -2.46. The van der Waals surface area contributed by atoms with Gasteiger partial charge in [-0.15, -0.1) is 0 Å². The lowest BCUT2D eigenvalue weighted by molar-refractivity contribution is 1.01. The number of benzene rings is 3. The standard InChI is InChI=1S/C24H27B2P2/c1-16(2)28(26,17(3)4)22-15-13-19-11-10-18-12-14-21(24(22)23(18)19)27(25)20-8-6-5-7-9-20/h5-9,12-17H,10-11H2,1-4H3/q-1. The van der Waals surface area contributed by atoms with Gasteiger partial charge in [0.2, 0.25) is 0 Å². The van der Waals surface area contributed by atoms with E-state index in [0.29, 0.717) is 11.3 Å². The van der Waals surface area contributed by atoms with Crippen molar-refractivity contribution in [3.05, 3.63) is 65.7 Å². The molecular formula is C24H27B2P2-. The molecule has 0 N–H and O–H groups in total. The van der Waals surface area contributed by atoms with E-state index in [9.17, 15) is 0 Å². The molecule has 0 aliphatic heterocycles. The Balaban J connectivity index is 2.06. The van der Waals surface area contributed by atoms with Crippen LogP contribution < -0.4 is 15.9 Å². The largest absolute Gasteiger partial charge is 0.567 e. The molecule has 140 valence electrons. The Hall–Kier alpha value is -1.09. The van der Waals surface area contributed by atoms with Gasteiger partial charge in [-0.1, -0.05) is 59.1 Å². The summed E-state index contributed by atoms with van der Waals surface area (Å²) >= 11 is 0. The summed E-state index contributed by atoms with van der Waals surface area (Å²) in [6.07, 6.45) is 2.26. The van der Waals surface area contributed by atoms with Crippen LogP contribution in [0, 0.1) is 0 Å². The molecule has 0 spiro atoms. The van der Waals surface area contributed by atoms with Gasteiger partial charge < -0.3 is 15.4 Å². The number of rotatable bonds is 5. The lowest BCUT2D eigenvalue weighted by atomic mass is 10.1. The fourth-order valence-corrected chi connectivity index (χ4v) is 9.52. The average molecular weight is 399 g/mol. The Morgan fingerprint density at radius 2 is 1.36 bits per heavy atom. The minimum atomic E-state index is -1.83. The van der Waals surface area contributed by atoms with Gasteiger partial charge in [0.1, 0.15) is 0 Å². The van der Waals surface area contributed by atoms with Gasteiger partial charge in [-0.05, 0) is 63.1 Å². The zero-order chi connectivity index (χ0) is 20.1.